The first-order valence-corrected chi connectivity index (χ1v) is 10.5. The van der Waals surface area contributed by atoms with Crippen LogP contribution in [0.15, 0.2) is 35.2 Å². The lowest BCUT2D eigenvalue weighted by atomic mass is 10.1. The summed E-state index contributed by atoms with van der Waals surface area (Å²) in [6, 6.07) is 8.09. The highest BCUT2D eigenvalue weighted by Gasteiger charge is 2.32. The predicted molar refractivity (Wildman–Crippen MR) is 101 cm³/mol. The van der Waals surface area contributed by atoms with Gasteiger partial charge in [-0.3, -0.25) is 4.79 Å². The summed E-state index contributed by atoms with van der Waals surface area (Å²) in [5.41, 5.74) is 1.12. The van der Waals surface area contributed by atoms with E-state index in [1.807, 2.05) is 0 Å². The number of ether oxygens (including phenoxy) is 2. The smallest absolute Gasteiger partial charge is 0.254 e. The first kappa shape index (κ1) is 19.0. The fraction of sp³-hybridized carbons (Fsp3) is 0.333. The number of hydrogen-bond donors (Lipinski definition) is 0. The molecule has 28 heavy (non-hydrogen) atoms. The average molecular weight is 424 g/mol. The molecular formula is C18H18ClN3O5S. The van der Waals surface area contributed by atoms with Crippen LogP contribution in [0.2, 0.25) is 5.15 Å². The summed E-state index contributed by atoms with van der Waals surface area (Å²) in [6.45, 7) is 2.81. The van der Waals surface area contributed by atoms with Crippen molar-refractivity contribution in [2.45, 2.75) is 11.8 Å². The van der Waals surface area contributed by atoms with E-state index in [1.165, 1.54) is 10.4 Å². The summed E-state index contributed by atoms with van der Waals surface area (Å²) in [6.07, 6.45) is 0. The second-order valence-corrected chi connectivity index (χ2v) is 8.77. The zero-order valence-corrected chi connectivity index (χ0v) is 16.7. The van der Waals surface area contributed by atoms with Crippen LogP contribution >= 0.6 is 11.6 Å². The Hall–Kier alpha value is -2.36. The minimum Gasteiger partial charge on any atom is -0.454 e. The van der Waals surface area contributed by atoms with Gasteiger partial charge in [0.2, 0.25) is 16.8 Å². The number of pyridine rings is 1. The molecule has 2 aliphatic rings. The van der Waals surface area contributed by atoms with Gasteiger partial charge in [-0.1, -0.05) is 11.6 Å². The van der Waals surface area contributed by atoms with Gasteiger partial charge in [0.15, 0.2) is 11.5 Å². The van der Waals surface area contributed by atoms with Crippen LogP contribution in [0.25, 0.3) is 0 Å². The van der Waals surface area contributed by atoms with Crippen molar-refractivity contribution in [1.82, 2.24) is 14.2 Å². The molecule has 0 atom stereocenters. The van der Waals surface area contributed by atoms with E-state index in [2.05, 4.69) is 4.98 Å². The van der Waals surface area contributed by atoms with Gasteiger partial charge in [0.1, 0.15) is 10.0 Å². The normalized spacial score (nSPS) is 17.0. The van der Waals surface area contributed by atoms with Crippen LogP contribution in [0.3, 0.4) is 0 Å². The second-order valence-electron chi connectivity index (χ2n) is 6.51. The van der Waals surface area contributed by atoms with Crippen molar-refractivity contribution in [1.29, 1.82) is 0 Å². The first-order chi connectivity index (χ1) is 13.4. The Labute approximate surface area is 167 Å². The van der Waals surface area contributed by atoms with Crippen molar-refractivity contribution in [2.75, 3.05) is 33.0 Å². The molecule has 8 nitrogen and oxygen atoms in total. The van der Waals surface area contributed by atoms with Crippen LogP contribution in [0.5, 0.6) is 11.5 Å². The summed E-state index contributed by atoms with van der Waals surface area (Å²) in [5.74, 6) is 0.968. The van der Waals surface area contributed by atoms with E-state index in [4.69, 9.17) is 21.1 Å². The van der Waals surface area contributed by atoms with Crippen LogP contribution in [-0.2, 0) is 10.0 Å². The highest BCUT2D eigenvalue weighted by molar-refractivity contribution is 7.89. The fourth-order valence-corrected chi connectivity index (χ4v) is 5.10. The standard InChI is InChI=1S/C18H18ClN3O5S/c1-12-2-5-16(17(19)20-12)28(24,25)22-8-6-21(7-9-22)18(23)13-3-4-14-15(10-13)27-11-26-14/h2-5,10H,6-9,11H2,1H3. The molecule has 0 spiro atoms. The maximum atomic E-state index is 12.9. The molecule has 1 amide bonds. The van der Waals surface area contributed by atoms with E-state index in [9.17, 15) is 13.2 Å². The summed E-state index contributed by atoms with van der Waals surface area (Å²) in [4.78, 5) is 18.4. The molecule has 0 bridgehead atoms. The number of hydrogen-bond acceptors (Lipinski definition) is 6. The molecule has 2 aliphatic heterocycles. The van der Waals surface area contributed by atoms with Gasteiger partial charge in [-0.15, -0.1) is 0 Å². The number of nitrogens with zero attached hydrogens (tertiary/aromatic N) is 3. The monoisotopic (exact) mass is 423 g/mol. The molecule has 0 N–H and O–H groups in total. The highest BCUT2D eigenvalue weighted by Crippen LogP contribution is 2.33. The second kappa shape index (κ2) is 7.23. The van der Waals surface area contributed by atoms with Crippen molar-refractivity contribution in [3.63, 3.8) is 0 Å². The van der Waals surface area contributed by atoms with Gasteiger partial charge in [0, 0.05) is 37.4 Å². The van der Waals surface area contributed by atoms with Gasteiger partial charge in [-0.2, -0.15) is 4.31 Å². The minimum atomic E-state index is -3.77. The third-order valence-corrected chi connectivity index (χ3v) is 7.05. The molecule has 1 aromatic carbocycles. The third-order valence-electron chi connectivity index (χ3n) is 4.72. The van der Waals surface area contributed by atoms with Crippen LogP contribution < -0.4 is 9.47 Å². The van der Waals surface area contributed by atoms with Crippen molar-refractivity contribution in [3.05, 3.63) is 46.7 Å². The maximum Gasteiger partial charge on any atom is 0.254 e. The third kappa shape index (κ3) is 3.41. The number of aryl methyl sites for hydroxylation is 1. The lowest BCUT2D eigenvalue weighted by Gasteiger charge is -2.34. The number of carbonyl (C=O) groups is 1. The summed E-state index contributed by atoms with van der Waals surface area (Å²) in [5, 5.41) is -0.0427. The number of benzene rings is 1. The molecule has 0 saturated carbocycles. The molecule has 0 aliphatic carbocycles. The molecule has 148 valence electrons. The Morgan fingerprint density at radius 1 is 1.07 bits per heavy atom. The molecule has 10 heteroatoms. The summed E-state index contributed by atoms with van der Waals surface area (Å²) >= 11 is 6.04. The minimum absolute atomic E-state index is 0.0182. The van der Waals surface area contributed by atoms with Crippen molar-refractivity contribution >= 4 is 27.5 Å². The molecule has 1 saturated heterocycles. The van der Waals surface area contributed by atoms with Crippen LogP contribution in [0.4, 0.5) is 0 Å². The van der Waals surface area contributed by atoms with Crippen LogP contribution in [0.1, 0.15) is 16.1 Å². The van der Waals surface area contributed by atoms with Crippen LogP contribution in [-0.4, -0.2) is 61.5 Å². The predicted octanol–water partition coefficient (Wildman–Crippen LogP) is 1.92. The zero-order chi connectivity index (χ0) is 19.9. The van der Waals surface area contributed by atoms with E-state index >= 15 is 0 Å². The SMILES string of the molecule is Cc1ccc(S(=O)(=O)N2CCN(C(=O)c3ccc4c(c3)OCO4)CC2)c(Cl)n1. The number of rotatable bonds is 3. The van der Waals surface area contributed by atoms with Gasteiger partial charge in [-0.05, 0) is 37.3 Å². The van der Waals surface area contributed by atoms with Crippen LogP contribution in [0, 0.1) is 6.92 Å². The molecule has 2 aromatic rings. The topological polar surface area (TPSA) is 89.0 Å². The number of amides is 1. The van der Waals surface area contributed by atoms with Gasteiger partial charge in [0.25, 0.3) is 5.91 Å². The van der Waals surface area contributed by atoms with Crippen molar-refractivity contribution < 1.29 is 22.7 Å². The number of halogens is 1. The quantitative estimate of drug-likeness (QED) is 0.701. The molecule has 0 unspecified atom stereocenters. The Morgan fingerprint density at radius 2 is 1.79 bits per heavy atom. The lowest BCUT2D eigenvalue weighted by molar-refractivity contribution is 0.0697. The lowest BCUT2D eigenvalue weighted by Crippen LogP contribution is -2.50. The van der Waals surface area contributed by atoms with E-state index < -0.39 is 10.0 Å². The Balaban J connectivity index is 1.46. The van der Waals surface area contributed by atoms with Gasteiger partial charge in [0.05, 0.1) is 0 Å². The number of aromatic nitrogens is 1. The summed E-state index contributed by atoms with van der Waals surface area (Å²) < 4.78 is 37.6. The first-order valence-electron chi connectivity index (χ1n) is 8.68. The number of sulfonamides is 1. The highest BCUT2D eigenvalue weighted by atomic mass is 35.5. The molecule has 0 radical (unpaired) electrons. The molecule has 4 rings (SSSR count). The molecule has 1 fully saturated rings. The summed E-state index contributed by atoms with van der Waals surface area (Å²) in [7, 11) is -3.77. The fourth-order valence-electron chi connectivity index (χ4n) is 3.19. The molecule has 3 heterocycles. The zero-order valence-electron chi connectivity index (χ0n) is 15.1. The largest absolute Gasteiger partial charge is 0.454 e. The number of piperazine rings is 1. The van der Waals surface area contributed by atoms with E-state index in [0.717, 1.165) is 0 Å². The Morgan fingerprint density at radius 3 is 2.50 bits per heavy atom. The number of fused-ring (bicyclic) bond motifs is 1. The van der Waals surface area contributed by atoms with Gasteiger partial charge in [-0.25, -0.2) is 13.4 Å². The van der Waals surface area contributed by atoms with Crippen molar-refractivity contribution in [2.24, 2.45) is 0 Å². The molecule has 1 aromatic heterocycles. The Kier molecular flexibility index (Phi) is 4.90. The van der Waals surface area contributed by atoms with E-state index in [0.29, 0.717) is 22.8 Å². The van der Waals surface area contributed by atoms with Gasteiger partial charge < -0.3 is 14.4 Å². The van der Waals surface area contributed by atoms with Gasteiger partial charge >= 0.3 is 0 Å². The number of carbonyl (C=O) groups excluding carboxylic acids is 1. The average Bonchev–Trinajstić information content (AvgIpc) is 3.15. The van der Waals surface area contributed by atoms with E-state index in [-0.39, 0.29) is 48.9 Å². The van der Waals surface area contributed by atoms with Crippen molar-refractivity contribution in [3.8, 4) is 11.5 Å². The molecular weight excluding hydrogens is 406 g/mol. The van der Waals surface area contributed by atoms with E-state index in [1.54, 1.807) is 36.1 Å². The Bertz CT molecular complexity index is 1040. The maximum absolute atomic E-state index is 12.9.